The number of benzene rings is 2. The summed E-state index contributed by atoms with van der Waals surface area (Å²) in [5.41, 5.74) is 4.28. The predicted molar refractivity (Wildman–Crippen MR) is 97.6 cm³/mol. The van der Waals surface area contributed by atoms with Gasteiger partial charge in [0, 0.05) is 23.6 Å². The van der Waals surface area contributed by atoms with Crippen LogP contribution in [-0.4, -0.2) is 23.6 Å². The molecule has 2 aromatic rings. The van der Waals surface area contributed by atoms with Gasteiger partial charge in [-0.05, 0) is 48.2 Å². The standard InChI is InChI=1S/C19H21ClN2O3/c20-17-11-9-15(10-12-17)14-5-7-16(8-6-14)19(24)21-13-3-1-2-4-18(23)22-25/h5-12,25H,1-4,13H2,(H,21,24)(H,22,23). The van der Waals surface area contributed by atoms with E-state index in [4.69, 9.17) is 16.8 Å². The molecular formula is C19H21ClN2O3. The highest BCUT2D eigenvalue weighted by molar-refractivity contribution is 6.30. The van der Waals surface area contributed by atoms with Crippen LogP contribution in [0.15, 0.2) is 48.5 Å². The molecule has 3 N–H and O–H groups in total. The average Bonchev–Trinajstić information content (AvgIpc) is 2.65. The zero-order chi connectivity index (χ0) is 18.1. The highest BCUT2D eigenvalue weighted by Crippen LogP contribution is 2.21. The topological polar surface area (TPSA) is 78.4 Å². The van der Waals surface area contributed by atoms with Gasteiger partial charge in [-0.1, -0.05) is 42.3 Å². The third kappa shape index (κ3) is 6.21. The predicted octanol–water partition coefficient (Wildman–Crippen LogP) is 3.80. The third-order valence-corrected chi connectivity index (χ3v) is 4.07. The fourth-order valence-corrected chi connectivity index (χ4v) is 2.53. The lowest BCUT2D eigenvalue weighted by molar-refractivity contribution is -0.129. The summed E-state index contributed by atoms with van der Waals surface area (Å²) in [6.45, 7) is 0.554. The van der Waals surface area contributed by atoms with Crippen molar-refractivity contribution in [3.05, 3.63) is 59.1 Å². The van der Waals surface area contributed by atoms with E-state index in [9.17, 15) is 9.59 Å². The minimum absolute atomic E-state index is 0.115. The molecule has 0 fully saturated rings. The molecule has 0 unspecified atom stereocenters. The van der Waals surface area contributed by atoms with Crippen molar-refractivity contribution in [2.24, 2.45) is 0 Å². The normalized spacial score (nSPS) is 10.3. The van der Waals surface area contributed by atoms with Crippen molar-refractivity contribution in [1.29, 1.82) is 0 Å². The zero-order valence-electron chi connectivity index (χ0n) is 13.8. The molecule has 2 rings (SSSR count). The van der Waals surface area contributed by atoms with Crippen LogP contribution >= 0.6 is 11.6 Å². The van der Waals surface area contributed by atoms with E-state index in [1.54, 1.807) is 17.6 Å². The van der Waals surface area contributed by atoms with Crippen molar-refractivity contribution in [3.8, 4) is 11.1 Å². The largest absolute Gasteiger partial charge is 0.352 e. The Bertz CT molecular complexity index is 700. The molecule has 6 heteroatoms. The Labute approximate surface area is 152 Å². The van der Waals surface area contributed by atoms with Gasteiger partial charge in [-0.15, -0.1) is 0 Å². The fraction of sp³-hybridized carbons (Fsp3) is 0.263. The second-order valence-electron chi connectivity index (χ2n) is 5.69. The number of unbranched alkanes of at least 4 members (excludes halogenated alkanes) is 2. The summed E-state index contributed by atoms with van der Waals surface area (Å²) in [5, 5.41) is 11.9. The van der Waals surface area contributed by atoms with E-state index in [1.807, 2.05) is 36.4 Å². The first-order valence-corrected chi connectivity index (χ1v) is 8.55. The molecule has 0 saturated carbocycles. The lowest BCUT2D eigenvalue weighted by Crippen LogP contribution is -2.24. The molecule has 0 saturated heterocycles. The zero-order valence-corrected chi connectivity index (χ0v) is 14.6. The summed E-state index contributed by atoms with van der Waals surface area (Å²) >= 11 is 5.89. The minimum Gasteiger partial charge on any atom is -0.352 e. The van der Waals surface area contributed by atoms with Gasteiger partial charge in [0.1, 0.15) is 0 Å². The smallest absolute Gasteiger partial charge is 0.251 e. The molecule has 5 nitrogen and oxygen atoms in total. The molecule has 0 atom stereocenters. The van der Waals surface area contributed by atoms with Crippen LogP contribution in [0, 0.1) is 0 Å². The number of carbonyl (C=O) groups excluding carboxylic acids is 2. The molecule has 132 valence electrons. The molecule has 0 aliphatic rings. The molecule has 2 aromatic carbocycles. The van der Waals surface area contributed by atoms with Gasteiger partial charge < -0.3 is 5.32 Å². The first kappa shape index (κ1) is 19.0. The summed E-state index contributed by atoms with van der Waals surface area (Å²) in [7, 11) is 0. The Balaban J connectivity index is 1.76. The van der Waals surface area contributed by atoms with Crippen molar-refractivity contribution in [2.45, 2.75) is 25.7 Å². The SMILES string of the molecule is O=C(CCCCCNC(=O)c1ccc(-c2ccc(Cl)cc2)cc1)NO. The maximum atomic E-state index is 12.1. The highest BCUT2D eigenvalue weighted by Gasteiger charge is 2.06. The summed E-state index contributed by atoms with van der Waals surface area (Å²) in [4.78, 5) is 22.9. The van der Waals surface area contributed by atoms with Gasteiger partial charge in [-0.25, -0.2) is 5.48 Å². The van der Waals surface area contributed by atoms with Crippen molar-refractivity contribution in [1.82, 2.24) is 10.8 Å². The van der Waals surface area contributed by atoms with Gasteiger partial charge in [0.05, 0.1) is 0 Å². The van der Waals surface area contributed by atoms with E-state index in [0.29, 0.717) is 23.6 Å². The quantitative estimate of drug-likeness (QED) is 0.380. The van der Waals surface area contributed by atoms with Gasteiger partial charge in [0.2, 0.25) is 5.91 Å². The average molecular weight is 361 g/mol. The number of hydrogen-bond donors (Lipinski definition) is 3. The summed E-state index contributed by atoms with van der Waals surface area (Å²) in [6.07, 6.45) is 2.56. The second-order valence-corrected chi connectivity index (χ2v) is 6.12. The van der Waals surface area contributed by atoms with Crippen LogP contribution in [-0.2, 0) is 4.79 Å². The Kier molecular flexibility index (Phi) is 7.44. The maximum Gasteiger partial charge on any atom is 0.251 e. The van der Waals surface area contributed by atoms with Gasteiger partial charge in [-0.3, -0.25) is 14.8 Å². The van der Waals surface area contributed by atoms with Crippen LogP contribution in [0.3, 0.4) is 0 Å². The molecule has 0 radical (unpaired) electrons. The monoisotopic (exact) mass is 360 g/mol. The van der Waals surface area contributed by atoms with Crippen LogP contribution in [0.4, 0.5) is 0 Å². The lowest BCUT2D eigenvalue weighted by Gasteiger charge is -2.07. The van der Waals surface area contributed by atoms with Gasteiger partial charge >= 0.3 is 0 Å². The van der Waals surface area contributed by atoms with Gasteiger partial charge in [-0.2, -0.15) is 0 Å². The number of hydroxylamine groups is 1. The van der Waals surface area contributed by atoms with E-state index >= 15 is 0 Å². The van der Waals surface area contributed by atoms with Crippen LogP contribution in [0.1, 0.15) is 36.0 Å². The fourth-order valence-electron chi connectivity index (χ4n) is 2.40. The lowest BCUT2D eigenvalue weighted by atomic mass is 10.0. The van der Waals surface area contributed by atoms with E-state index in [1.165, 1.54) is 0 Å². The Morgan fingerprint density at radius 1 is 0.880 bits per heavy atom. The van der Waals surface area contributed by atoms with E-state index in [0.717, 1.165) is 24.0 Å². The van der Waals surface area contributed by atoms with Crippen molar-refractivity contribution in [3.63, 3.8) is 0 Å². The van der Waals surface area contributed by atoms with E-state index < -0.39 is 0 Å². The first-order chi connectivity index (χ1) is 12.1. The van der Waals surface area contributed by atoms with Crippen LogP contribution in [0.25, 0.3) is 11.1 Å². The van der Waals surface area contributed by atoms with Crippen LogP contribution in [0.5, 0.6) is 0 Å². The van der Waals surface area contributed by atoms with E-state index in [2.05, 4.69) is 5.32 Å². The summed E-state index contributed by atoms with van der Waals surface area (Å²) in [5.74, 6) is -0.499. The number of nitrogens with one attached hydrogen (secondary N) is 2. The van der Waals surface area contributed by atoms with E-state index in [-0.39, 0.29) is 18.2 Å². The molecular weight excluding hydrogens is 340 g/mol. The number of amides is 2. The van der Waals surface area contributed by atoms with Gasteiger partial charge in [0.25, 0.3) is 5.91 Å². The Morgan fingerprint density at radius 3 is 2.08 bits per heavy atom. The van der Waals surface area contributed by atoms with Crippen molar-refractivity contribution in [2.75, 3.05) is 6.54 Å². The molecule has 25 heavy (non-hydrogen) atoms. The third-order valence-electron chi connectivity index (χ3n) is 3.82. The Hall–Kier alpha value is -2.37. The highest BCUT2D eigenvalue weighted by atomic mass is 35.5. The van der Waals surface area contributed by atoms with Crippen LogP contribution in [0.2, 0.25) is 5.02 Å². The Morgan fingerprint density at radius 2 is 1.48 bits per heavy atom. The van der Waals surface area contributed by atoms with Crippen molar-refractivity contribution < 1.29 is 14.8 Å². The van der Waals surface area contributed by atoms with Crippen molar-refractivity contribution >= 4 is 23.4 Å². The molecule has 0 spiro atoms. The minimum atomic E-state index is -0.384. The maximum absolute atomic E-state index is 12.1. The number of hydrogen-bond acceptors (Lipinski definition) is 3. The number of halogens is 1. The first-order valence-electron chi connectivity index (χ1n) is 8.17. The molecule has 0 aliphatic carbocycles. The molecule has 0 aromatic heterocycles. The molecule has 2 amide bonds. The molecule has 0 heterocycles. The molecule has 0 aliphatic heterocycles. The number of rotatable bonds is 8. The summed E-state index contributed by atoms with van der Waals surface area (Å²) in [6, 6.07) is 15.0. The van der Waals surface area contributed by atoms with Crippen LogP contribution < -0.4 is 10.8 Å². The summed E-state index contributed by atoms with van der Waals surface area (Å²) < 4.78 is 0. The molecule has 0 bridgehead atoms. The van der Waals surface area contributed by atoms with Gasteiger partial charge in [0.15, 0.2) is 0 Å². The number of carbonyl (C=O) groups is 2. The second kappa shape index (κ2) is 9.81.